The van der Waals surface area contributed by atoms with E-state index in [0.717, 1.165) is 11.4 Å². The highest BCUT2D eigenvalue weighted by atomic mass is 14.9. The summed E-state index contributed by atoms with van der Waals surface area (Å²) in [5.74, 6) is 0.829. The van der Waals surface area contributed by atoms with Gasteiger partial charge in [-0.05, 0) is 69.0 Å². The maximum absolute atomic E-state index is 4.57. The topological polar surface area (TPSA) is 24.9 Å². The molecule has 0 saturated carbocycles. The molecule has 0 atom stereocenters. The minimum atomic E-state index is 0.829. The van der Waals surface area contributed by atoms with E-state index >= 15 is 0 Å². The van der Waals surface area contributed by atoms with Crippen LogP contribution in [0.1, 0.15) is 24.0 Å². The number of piperidine rings is 1. The van der Waals surface area contributed by atoms with E-state index in [2.05, 4.69) is 47.7 Å². The molecule has 1 aliphatic heterocycles. The van der Waals surface area contributed by atoms with E-state index in [4.69, 9.17) is 0 Å². The lowest BCUT2D eigenvalue weighted by Gasteiger charge is -2.22. The molecule has 94 valence electrons. The van der Waals surface area contributed by atoms with Gasteiger partial charge in [0.15, 0.2) is 0 Å². The van der Waals surface area contributed by atoms with E-state index in [1.165, 1.54) is 48.9 Å². The molecule has 1 N–H and O–H groups in total. The lowest BCUT2D eigenvalue weighted by Crippen LogP contribution is -2.28. The average molecular weight is 240 g/mol. The van der Waals surface area contributed by atoms with Crippen LogP contribution in [0.15, 0.2) is 30.5 Å². The molecule has 2 aromatic rings. The number of nitrogens with zero attached hydrogens (tertiary/aromatic N) is 1. The predicted octanol–water partition coefficient (Wildman–Crippen LogP) is 3.09. The number of benzene rings is 1. The molecule has 2 heteroatoms. The number of pyridine rings is 1. The van der Waals surface area contributed by atoms with Crippen molar-refractivity contribution in [2.24, 2.45) is 5.92 Å². The van der Waals surface area contributed by atoms with Gasteiger partial charge in [0.1, 0.15) is 0 Å². The third kappa shape index (κ3) is 2.54. The molecule has 3 rings (SSSR count). The smallest absolute Gasteiger partial charge is 0.0702 e. The van der Waals surface area contributed by atoms with Crippen molar-refractivity contribution in [1.29, 1.82) is 0 Å². The van der Waals surface area contributed by atoms with Gasteiger partial charge in [0.2, 0.25) is 0 Å². The molecular weight excluding hydrogens is 220 g/mol. The van der Waals surface area contributed by atoms with Crippen LogP contribution in [-0.2, 0) is 6.42 Å². The summed E-state index contributed by atoms with van der Waals surface area (Å²) in [5.41, 5.74) is 3.80. The largest absolute Gasteiger partial charge is 0.317 e. The van der Waals surface area contributed by atoms with E-state index in [1.807, 2.05) is 0 Å². The Labute approximate surface area is 108 Å². The van der Waals surface area contributed by atoms with Crippen LogP contribution in [-0.4, -0.2) is 18.1 Å². The number of aryl methyl sites for hydroxylation is 1. The molecule has 0 unspecified atom stereocenters. The van der Waals surface area contributed by atoms with Crippen molar-refractivity contribution in [3.8, 4) is 0 Å². The zero-order valence-electron chi connectivity index (χ0n) is 10.9. The van der Waals surface area contributed by atoms with Crippen molar-refractivity contribution in [3.05, 3.63) is 41.6 Å². The maximum Gasteiger partial charge on any atom is 0.0702 e. The fourth-order valence-electron chi connectivity index (χ4n) is 2.83. The normalized spacial score (nSPS) is 17.2. The minimum Gasteiger partial charge on any atom is -0.317 e. The third-order valence-corrected chi connectivity index (χ3v) is 3.88. The molecule has 1 saturated heterocycles. The fraction of sp³-hybridized carbons (Fsp3) is 0.438. The van der Waals surface area contributed by atoms with Crippen LogP contribution in [0.25, 0.3) is 10.9 Å². The van der Waals surface area contributed by atoms with E-state index in [1.54, 1.807) is 0 Å². The van der Waals surface area contributed by atoms with Crippen molar-refractivity contribution in [1.82, 2.24) is 10.3 Å². The van der Waals surface area contributed by atoms with Gasteiger partial charge in [-0.25, -0.2) is 0 Å². The zero-order valence-corrected chi connectivity index (χ0v) is 10.9. The molecule has 1 aromatic heterocycles. The number of hydrogen-bond acceptors (Lipinski definition) is 2. The van der Waals surface area contributed by atoms with Gasteiger partial charge in [-0.2, -0.15) is 0 Å². The number of rotatable bonds is 2. The second-order valence-electron chi connectivity index (χ2n) is 5.44. The van der Waals surface area contributed by atoms with Gasteiger partial charge < -0.3 is 5.32 Å². The molecule has 0 bridgehead atoms. The number of fused-ring (bicyclic) bond motifs is 1. The summed E-state index contributed by atoms with van der Waals surface area (Å²) in [5, 5.41) is 4.70. The number of aromatic nitrogens is 1. The molecule has 1 aliphatic rings. The van der Waals surface area contributed by atoms with E-state index in [-0.39, 0.29) is 0 Å². The summed E-state index contributed by atoms with van der Waals surface area (Å²) in [7, 11) is 0. The van der Waals surface area contributed by atoms with Crippen molar-refractivity contribution < 1.29 is 0 Å². The molecule has 1 fully saturated rings. The Morgan fingerprint density at radius 2 is 2.06 bits per heavy atom. The van der Waals surface area contributed by atoms with Crippen LogP contribution in [0.2, 0.25) is 0 Å². The predicted molar refractivity (Wildman–Crippen MR) is 75.8 cm³/mol. The van der Waals surface area contributed by atoms with E-state index < -0.39 is 0 Å². The molecule has 0 spiro atoms. The highest BCUT2D eigenvalue weighted by Crippen LogP contribution is 2.21. The van der Waals surface area contributed by atoms with Crippen LogP contribution in [0.5, 0.6) is 0 Å². The van der Waals surface area contributed by atoms with Gasteiger partial charge in [-0.3, -0.25) is 4.98 Å². The van der Waals surface area contributed by atoms with Crippen LogP contribution < -0.4 is 5.32 Å². The van der Waals surface area contributed by atoms with Crippen molar-refractivity contribution >= 4 is 10.9 Å². The molecule has 2 heterocycles. The van der Waals surface area contributed by atoms with Gasteiger partial charge in [0, 0.05) is 11.6 Å². The standard InChI is InChI=1S/C16H20N2/c1-12-2-3-16-15(8-12)10-14(11-18-16)9-13-4-6-17-7-5-13/h2-3,8,10-11,13,17H,4-7,9H2,1H3. The first kappa shape index (κ1) is 11.7. The van der Waals surface area contributed by atoms with Gasteiger partial charge in [-0.1, -0.05) is 11.6 Å². The first-order chi connectivity index (χ1) is 8.81. The van der Waals surface area contributed by atoms with Crippen molar-refractivity contribution in [2.45, 2.75) is 26.2 Å². The first-order valence-corrected chi connectivity index (χ1v) is 6.87. The lowest BCUT2D eigenvalue weighted by atomic mass is 9.91. The highest BCUT2D eigenvalue weighted by molar-refractivity contribution is 5.79. The van der Waals surface area contributed by atoms with E-state index in [0.29, 0.717) is 0 Å². The first-order valence-electron chi connectivity index (χ1n) is 6.87. The molecule has 0 amide bonds. The zero-order chi connectivity index (χ0) is 12.4. The highest BCUT2D eigenvalue weighted by Gasteiger charge is 2.13. The van der Waals surface area contributed by atoms with Gasteiger partial charge >= 0.3 is 0 Å². The molecule has 2 nitrogen and oxygen atoms in total. The number of hydrogen-bond donors (Lipinski definition) is 1. The second-order valence-corrected chi connectivity index (χ2v) is 5.44. The minimum absolute atomic E-state index is 0.829. The van der Waals surface area contributed by atoms with Crippen LogP contribution >= 0.6 is 0 Å². The molecule has 0 aliphatic carbocycles. The Hall–Kier alpha value is -1.41. The van der Waals surface area contributed by atoms with Gasteiger partial charge in [0.05, 0.1) is 5.52 Å². The lowest BCUT2D eigenvalue weighted by molar-refractivity contribution is 0.372. The summed E-state index contributed by atoms with van der Waals surface area (Å²) < 4.78 is 0. The number of nitrogens with one attached hydrogen (secondary N) is 1. The van der Waals surface area contributed by atoms with Crippen LogP contribution in [0, 0.1) is 12.8 Å². The summed E-state index contributed by atoms with van der Waals surface area (Å²) in [4.78, 5) is 4.57. The SMILES string of the molecule is Cc1ccc2ncc(CC3CCNCC3)cc2c1. The Balaban J connectivity index is 1.83. The summed E-state index contributed by atoms with van der Waals surface area (Å²) in [6, 6.07) is 8.78. The Morgan fingerprint density at radius 3 is 2.89 bits per heavy atom. The van der Waals surface area contributed by atoms with Gasteiger partial charge in [0.25, 0.3) is 0 Å². The third-order valence-electron chi connectivity index (χ3n) is 3.88. The van der Waals surface area contributed by atoms with Crippen molar-refractivity contribution in [2.75, 3.05) is 13.1 Å². The molecule has 1 aromatic carbocycles. The maximum atomic E-state index is 4.57. The van der Waals surface area contributed by atoms with Crippen LogP contribution in [0.4, 0.5) is 0 Å². The summed E-state index contributed by atoms with van der Waals surface area (Å²) in [6.45, 7) is 4.48. The molecular formula is C16H20N2. The van der Waals surface area contributed by atoms with Crippen molar-refractivity contribution in [3.63, 3.8) is 0 Å². The average Bonchev–Trinajstić information content (AvgIpc) is 2.39. The molecule has 18 heavy (non-hydrogen) atoms. The Kier molecular flexibility index (Phi) is 3.28. The van der Waals surface area contributed by atoms with E-state index in [9.17, 15) is 0 Å². The molecule has 0 radical (unpaired) electrons. The summed E-state index contributed by atoms with van der Waals surface area (Å²) in [6.07, 6.45) is 5.83. The summed E-state index contributed by atoms with van der Waals surface area (Å²) >= 11 is 0. The van der Waals surface area contributed by atoms with Gasteiger partial charge in [-0.15, -0.1) is 0 Å². The quantitative estimate of drug-likeness (QED) is 0.872. The van der Waals surface area contributed by atoms with Crippen LogP contribution in [0.3, 0.4) is 0 Å². The monoisotopic (exact) mass is 240 g/mol. The Morgan fingerprint density at radius 1 is 1.22 bits per heavy atom. The Bertz CT molecular complexity index is 542. The second kappa shape index (κ2) is 5.07. The fourth-order valence-corrected chi connectivity index (χ4v) is 2.83.